The maximum Gasteiger partial charge on any atom is 0.226 e. The molecule has 0 bridgehead atoms. The highest BCUT2D eigenvalue weighted by atomic mass is 16.2. The lowest BCUT2D eigenvalue weighted by atomic mass is 9.75. The number of piperidine rings is 1. The minimum Gasteiger partial charge on any atom is -0.368 e. The fourth-order valence-corrected chi connectivity index (χ4v) is 3.45. The third-order valence-corrected chi connectivity index (χ3v) is 5.11. The van der Waals surface area contributed by atoms with Crippen LogP contribution in [0.3, 0.4) is 0 Å². The molecule has 1 fully saturated rings. The van der Waals surface area contributed by atoms with E-state index in [0.717, 1.165) is 55.8 Å². The molecule has 23 heavy (non-hydrogen) atoms. The quantitative estimate of drug-likeness (QED) is 0.923. The van der Waals surface area contributed by atoms with Crippen molar-refractivity contribution >= 4 is 17.2 Å². The molecule has 1 aliphatic rings. The number of rotatable bonds is 4. The van der Waals surface area contributed by atoms with Crippen molar-refractivity contribution < 1.29 is 4.79 Å². The lowest BCUT2D eigenvalue weighted by molar-refractivity contribution is -0.132. The summed E-state index contributed by atoms with van der Waals surface area (Å²) in [6.07, 6.45) is 5.09. The first-order chi connectivity index (χ1) is 11.1. The van der Waals surface area contributed by atoms with E-state index >= 15 is 0 Å². The summed E-state index contributed by atoms with van der Waals surface area (Å²) in [7, 11) is 1.72. The van der Waals surface area contributed by atoms with Crippen LogP contribution in [0.4, 0.5) is 5.69 Å². The molecule has 1 saturated heterocycles. The van der Waals surface area contributed by atoms with Gasteiger partial charge in [0.25, 0.3) is 0 Å². The van der Waals surface area contributed by atoms with Crippen molar-refractivity contribution in [1.29, 1.82) is 0 Å². The second-order valence-electron chi connectivity index (χ2n) is 6.17. The van der Waals surface area contributed by atoms with E-state index in [1.807, 2.05) is 0 Å². The van der Waals surface area contributed by atoms with Crippen LogP contribution < -0.4 is 10.2 Å². The molecule has 7 heteroatoms. The van der Waals surface area contributed by atoms with Crippen molar-refractivity contribution in [3.63, 3.8) is 0 Å². The molecule has 0 unspecified atom stereocenters. The number of carbonyl (C=O) groups is 1. The zero-order valence-electron chi connectivity index (χ0n) is 14.0. The Morgan fingerprint density at radius 2 is 2.09 bits per heavy atom. The lowest BCUT2D eigenvalue weighted by Crippen LogP contribution is -2.48. The Morgan fingerprint density at radius 1 is 1.35 bits per heavy atom. The van der Waals surface area contributed by atoms with E-state index in [-0.39, 0.29) is 11.3 Å². The Bertz CT molecular complexity index is 702. The molecule has 1 aliphatic heterocycles. The number of carbonyl (C=O) groups excluding carboxylic acids is 1. The third-order valence-electron chi connectivity index (χ3n) is 5.11. The van der Waals surface area contributed by atoms with Gasteiger partial charge in [-0.05, 0) is 31.7 Å². The van der Waals surface area contributed by atoms with Gasteiger partial charge in [-0.1, -0.05) is 13.8 Å². The van der Waals surface area contributed by atoms with Crippen molar-refractivity contribution in [3.8, 4) is 0 Å². The number of amides is 1. The average Bonchev–Trinajstić information content (AvgIpc) is 3.08. The minimum absolute atomic E-state index is 0.163. The van der Waals surface area contributed by atoms with E-state index in [0.29, 0.717) is 0 Å². The maximum atomic E-state index is 12.3. The van der Waals surface area contributed by atoms with E-state index in [1.165, 1.54) is 0 Å². The Balaban J connectivity index is 1.88. The Labute approximate surface area is 136 Å². The van der Waals surface area contributed by atoms with Gasteiger partial charge in [-0.25, -0.2) is 0 Å². The van der Waals surface area contributed by atoms with Crippen molar-refractivity contribution in [1.82, 2.24) is 25.1 Å². The van der Waals surface area contributed by atoms with Gasteiger partial charge in [0.2, 0.25) is 11.6 Å². The molecule has 0 atom stereocenters. The Morgan fingerprint density at radius 3 is 2.70 bits per heavy atom. The van der Waals surface area contributed by atoms with Crippen LogP contribution in [0.15, 0.2) is 12.4 Å². The fraction of sp³-hybridized carbons (Fsp3) is 0.625. The topological polar surface area (TPSA) is 75.4 Å². The number of hydrogen-bond donors (Lipinski definition) is 1. The van der Waals surface area contributed by atoms with Crippen molar-refractivity contribution in [2.24, 2.45) is 5.41 Å². The molecule has 1 amide bonds. The van der Waals surface area contributed by atoms with Gasteiger partial charge in [0, 0.05) is 20.1 Å². The van der Waals surface area contributed by atoms with E-state index in [4.69, 9.17) is 0 Å². The summed E-state index contributed by atoms with van der Waals surface area (Å²) in [4.78, 5) is 14.6. The van der Waals surface area contributed by atoms with Crippen LogP contribution in [0.1, 0.15) is 38.8 Å². The SMILES string of the molecule is CCc1cc(N2CCC(CC)(C(=O)NC)CC2)c2nncn2n1. The molecule has 3 rings (SSSR count). The van der Waals surface area contributed by atoms with Gasteiger partial charge in [0.05, 0.1) is 16.8 Å². The molecule has 1 N–H and O–H groups in total. The summed E-state index contributed by atoms with van der Waals surface area (Å²) in [6.45, 7) is 5.88. The lowest BCUT2D eigenvalue weighted by Gasteiger charge is -2.40. The number of anilines is 1. The first-order valence-electron chi connectivity index (χ1n) is 8.30. The van der Waals surface area contributed by atoms with Gasteiger partial charge >= 0.3 is 0 Å². The minimum atomic E-state index is -0.240. The molecule has 3 heterocycles. The van der Waals surface area contributed by atoms with Crippen LogP contribution in [0, 0.1) is 5.41 Å². The third kappa shape index (κ3) is 2.64. The molecule has 0 aromatic carbocycles. The average molecular weight is 316 g/mol. The fourth-order valence-electron chi connectivity index (χ4n) is 3.45. The Kier molecular flexibility index (Phi) is 4.19. The van der Waals surface area contributed by atoms with Gasteiger partial charge in [0.15, 0.2) is 0 Å². The highest BCUT2D eigenvalue weighted by Gasteiger charge is 2.39. The van der Waals surface area contributed by atoms with E-state index < -0.39 is 0 Å². The number of aromatic nitrogens is 4. The number of nitrogens with zero attached hydrogens (tertiary/aromatic N) is 5. The number of hydrogen-bond acceptors (Lipinski definition) is 5. The standard InChI is InChI=1S/C16H24N6O/c1-4-12-10-13(14-19-18-11-22(14)20-12)21-8-6-16(5-2,7-9-21)15(23)17-3/h10-11H,4-9H2,1-3H3,(H,17,23). The summed E-state index contributed by atoms with van der Waals surface area (Å²) in [5, 5.41) is 15.5. The zero-order chi connectivity index (χ0) is 16.4. The summed E-state index contributed by atoms with van der Waals surface area (Å²) in [6, 6.07) is 2.10. The zero-order valence-corrected chi connectivity index (χ0v) is 14.0. The van der Waals surface area contributed by atoms with Gasteiger partial charge < -0.3 is 10.2 Å². The van der Waals surface area contributed by atoms with E-state index in [2.05, 4.69) is 45.4 Å². The summed E-state index contributed by atoms with van der Waals surface area (Å²) in [5.41, 5.74) is 2.63. The molecule has 0 saturated carbocycles. The van der Waals surface area contributed by atoms with Crippen LogP contribution in [-0.2, 0) is 11.2 Å². The van der Waals surface area contributed by atoms with Crippen LogP contribution in [0.25, 0.3) is 5.65 Å². The molecule has 0 radical (unpaired) electrons. The second kappa shape index (κ2) is 6.14. The highest BCUT2D eigenvalue weighted by molar-refractivity contribution is 5.83. The largest absolute Gasteiger partial charge is 0.368 e. The van der Waals surface area contributed by atoms with Crippen LogP contribution in [0.2, 0.25) is 0 Å². The first-order valence-corrected chi connectivity index (χ1v) is 8.30. The first kappa shape index (κ1) is 15.7. The molecule has 124 valence electrons. The predicted molar refractivity (Wildman–Crippen MR) is 88.4 cm³/mol. The van der Waals surface area contributed by atoms with Crippen molar-refractivity contribution in [2.45, 2.75) is 39.5 Å². The molecule has 0 spiro atoms. The van der Waals surface area contributed by atoms with Crippen LogP contribution in [0.5, 0.6) is 0 Å². The summed E-state index contributed by atoms with van der Waals surface area (Å²) in [5.74, 6) is 0.163. The molecule has 7 nitrogen and oxygen atoms in total. The van der Waals surface area contributed by atoms with Gasteiger partial charge in [-0.15, -0.1) is 10.2 Å². The second-order valence-corrected chi connectivity index (χ2v) is 6.17. The van der Waals surface area contributed by atoms with E-state index in [1.54, 1.807) is 17.9 Å². The molecular weight excluding hydrogens is 292 g/mol. The van der Waals surface area contributed by atoms with E-state index in [9.17, 15) is 4.79 Å². The predicted octanol–water partition coefficient (Wildman–Crippen LogP) is 1.43. The van der Waals surface area contributed by atoms with Crippen molar-refractivity contribution in [3.05, 3.63) is 18.1 Å². The highest BCUT2D eigenvalue weighted by Crippen LogP contribution is 2.37. The molecular formula is C16H24N6O. The van der Waals surface area contributed by atoms with Gasteiger partial charge in [-0.3, -0.25) is 4.79 Å². The van der Waals surface area contributed by atoms with Gasteiger partial charge in [0.1, 0.15) is 6.33 Å². The Hall–Kier alpha value is -2.18. The summed E-state index contributed by atoms with van der Waals surface area (Å²) >= 11 is 0. The smallest absolute Gasteiger partial charge is 0.226 e. The number of fused-ring (bicyclic) bond motifs is 1. The molecule has 0 aliphatic carbocycles. The number of aryl methyl sites for hydroxylation is 1. The van der Waals surface area contributed by atoms with Gasteiger partial charge in [-0.2, -0.15) is 9.61 Å². The van der Waals surface area contributed by atoms with Crippen LogP contribution in [-0.4, -0.2) is 45.9 Å². The number of nitrogens with one attached hydrogen (secondary N) is 1. The molecule has 2 aromatic rings. The monoisotopic (exact) mass is 316 g/mol. The van der Waals surface area contributed by atoms with Crippen LogP contribution >= 0.6 is 0 Å². The normalized spacial score (nSPS) is 17.4. The van der Waals surface area contributed by atoms with Crippen molar-refractivity contribution in [2.75, 3.05) is 25.0 Å². The summed E-state index contributed by atoms with van der Waals surface area (Å²) < 4.78 is 1.74. The maximum absolute atomic E-state index is 12.3. The molecule has 2 aromatic heterocycles.